The maximum atomic E-state index is 11.6. The summed E-state index contributed by atoms with van der Waals surface area (Å²) in [4.78, 5) is 11.6. The van der Waals surface area contributed by atoms with Crippen molar-refractivity contribution in [1.82, 2.24) is 0 Å². The molecule has 0 spiro atoms. The van der Waals surface area contributed by atoms with Crippen molar-refractivity contribution in [3.8, 4) is 0 Å². The van der Waals surface area contributed by atoms with E-state index >= 15 is 0 Å². The molecule has 0 saturated carbocycles. The molecule has 0 fully saturated rings. The van der Waals surface area contributed by atoms with Crippen LogP contribution in [-0.4, -0.2) is 22.8 Å². The van der Waals surface area contributed by atoms with E-state index in [1.54, 1.807) is 6.07 Å². The SMILES string of the molecule is Nc1c(CC=Cc2ccccc2)cccc1C(=O)[O][Ge]. The number of hydrogen-bond acceptors (Lipinski definition) is 3. The van der Waals surface area contributed by atoms with Crippen molar-refractivity contribution >= 4 is 34.6 Å². The molecule has 0 aliphatic rings. The van der Waals surface area contributed by atoms with Crippen LogP contribution in [0.3, 0.4) is 0 Å². The van der Waals surface area contributed by atoms with Gasteiger partial charge in [0.25, 0.3) is 0 Å². The van der Waals surface area contributed by atoms with Crippen molar-refractivity contribution in [3.05, 3.63) is 71.3 Å². The Bertz CT molecular complexity index is 624. The average Bonchev–Trinajstić information content (AvgIpc) is 2.49. The molecule has 2 rings (SSSR count). The molecule has 0 aromatic heterocycles. The van der Waals surface area contributed by atoms with Crippen molar-refractivity contribution in [1.29, 1.82) is 0 Å². The maximum absolute atomic E-state index is 11.6. The zero-order chi connectivity index (χ0) is 14.4. The Hall–Kier alpha value is -2.01. The second-order valence-electron chi connectivity index (χ2n) is 4.29. The number of carbonyl (C=O) groups is 1. The monoisotopic (exact) mass is 326 g/mol. The van der Waals surface area contributed by atoms with Crippen LogP contribution in [0.15, 0.2) is 54.6 Å². The quantitative estimate of drug-likeness (QED) is 0.695. The normalized spacial score (nSPS) is 10.7. The molecule has 20 heavy (non-hydrogen) atoms. The predicted octanol–water partition coefficient (Wildman–Crippen LogP) is 2.77. The summed E-state index contributed by atoms with van der Waals surface area (Å²) in [6, 6.07) is 15.4. The number of rotatable bonds is 4. The van der Waals surface area contributed by atoms with Gasteiger partial charge in [0, 0.05) is 0 Å². The molecule has 99 valence electrons. The van der Waals surface area contributed by atoms with Gasteiger partial charge in [-0.05, 0) is 0 Å². The summed E-state index contributed by atoms with van der Waals surface area (Å²) in [5.74, 6) is -0.406. The number of carbonyl (C=O) groups excluding carboxylic acids is 1. The Labute approximate surface area is 127 Å². The summed E-state index contributed by atoms with van der Waals surface area (Å²) in [5, 5.41) is 0. The molecule has 2 N–H and O–H groups in total. The van der Waals surface area contributed by atoms with Crippen LogP contribution in [0.5, 0.6) is 0 Å². The van der Waals surface area contributed by atoms with Gasteiger partial charge >= 0.3 is 127 Å². The number of para-hydroxylation sites is 1. The van der Waals surface area contributed by atoms with Gasteiger partial charge in [-0.3, -0.25) is 0 Å². The summed E-state index contributed by atoms with van der Waals surface area (Å²) < 4.78 is 4.71. The van der Waals surface area contributed by atoms with E-state index in [2.05, 4.69) is 0 Å². The summed E-state index contributed by atoms with van der Waals surface area (Å²) in [6.45, 7) is 0. The first-order valence-electron chi connectivity index (χ1n) is 6.19. The Kier molecular flexibility index (Phi) is 5.01. The molecule has 0 atom stereocenters. The summed E-state index contributed by atoms with van der Waals surface area (Å²) in [7, 11) is 0. The third-order valence-electron chi connectivity index (χ3n) is 2.96. The molecule has 3 nitrogen and oxygen atoms in total. The minimum absolute atomic E-state index is 0.406. The van der Waals surface area contributed by atoms with Crippen molar-refractivity contribution in [2.24, 2.45) is 0 Å². The molecule has 2 aromatic carbocycles. The molecule has 4 heteroatoms. The van der Waals surface area contributed by atoms with Gasteiger partial charge in [-0.2, -0.15) is 0 Å². The molecule has 0 aliphatic heterocycles. The van der Waals surface area contributed by atoms with Gasteiger partial charge in [0.15, 0.2) is 0 Å². The number of nitrogens with two attached hydrogens (primary N) is 1. The molecule has 3 radical (unpaired) electrons. The molecule has 0 unspecified atom stereocenters. The fourth-order valence-electron chi connectivity index (χ4n) is 1.91. The first-order chi connectivity index (χ1) is 9.72. The summed E-state index contributed by atoms with van der Waals surface area (Å²) >= 11 is 1.35. The Morgan fingerprint density at radius 3 is 2.60 bits per heavy atom. The fraction of sp³-hybridized carbons (Fsp3) is 0.0625. The van der Waals surface area contributed by atoms with Crippen molar-refractivity contribution in [2.45, 2.75) is 6.42 Å². The van der Waals surface area contributed by atoms with Crippen LogP contribution in [-0.2, 0) is 10.2 Å². The van der Waals surface area contributed by atoms with Crippen LogP contribution in [0.25, 0.3) is 6.08 Å². The Balaban J connectivity index is 2.14. The Morgan fingerprint density at radius 1 is 1.15 bits per heavy atom. The van der Waals surface area contributed by atoms with Gasteiger partial charge in [-0.1, -0.05) is 0 Å². The zero-order valence-corrected chi connectivity index (χ0v) is 13.0. The molecule has 0 saturated heterocycles. The summed E-state index contributed by atoms with van der Waals surface area (Å²) in [6.07, 6.45) is 4.73. The van der Waals surface area contributed by atoms with Crippen molar-refractivity contribution in [3.63, 3.8) is 0 Å². The number of allylic oxidation sites excluding steroid dienone is 1. The second-order valence-corrected chi connectivity index (χ2v) is 4.71. The van der Waals surface area contributed by atoms with Gasteiger partial charge in [0.2, 0.25) is 0 Å². The molecule has 2 aromatic rings. The van der Waals surface area contributed by atoms with E-state index in [-0.39, 0.29) is 0 Å². The van der Waals surface area contributed by atoms with Gasteiger partial charge < -0.3 is 0 Å². The topological polar surface area (TPSA) is 52.3 Å². The number of anilines is 1. The van der Waals surface area contributed by atoms with E-state index in [4.69, 9.17) is 9.50 Å². The first-order valence-corrected chi connectivity index (χ1v) is 7.05. The van der Waals surface area contributed by atoms with Gasteiger partial charge in [0.05, 0.1) is 0 Å². The average molecular weight is 325 g/mol. The van der Waals surface area contributed by atoms with Crippen LogP contribution in [0, 0.1) is 0 Å². The zero-order valence-electron chi connectivity index (χ0n) is 10.9. The van der Waals surface area contributed by atoms with E-state index in [1.807, 2.05) is 54.6 Å². The molecule has 0 heterocycles. The molecule has 0 bridgehead atoms. The van der Waals surface area contributed by atoms with E-state index in [9.17, 15) is 4.79 Å². The minimum atomic E-state index is -0.406. The summed E-state index contributed by atoms with van der Waals surface area (Å²) in [5.41, 5.74) is 8.95. The number of benzene rings is 2. The van der Waals surface area contributed by atoms with Crippen LogP contribution in [0.4, 0.5) is 5.69 Å². The van der Waals surface area contributed by atoms with E-state index < -0.39 is 5.97 Å². The van der Waals surface area contributed by atoms with Crippen LogP contribution in [0.2, 0.25) is 0 Å². The predicted molar refractivity (Wildman–Crippen MR) is 81.2 cm³/mol. The van der Waals surface area contributed by atoms with Crippen LogP contribution in [0.1, 0.15) is 21.5 Å². The Morgan fingerprint density at radius 2 is 1.90 bits per heavy atom. The van der Waals surface area contributed by atoms with Crippen molar-refractivity contribution < 1.29 is 8.56 Å². The van der Waals surface area contributed by atoms with Crippen LogP contribution < -0.4 is 5.73 Å². The molecule has 0 amide bonds. The van der Waals surface area contributed by atoms with Gasteiger partial charge in [0.1, 0.15) is 0 Å². The van der Waals surface area contributed by atoms with Crippen LogP contribution >= 0.6 is 0 Å². The third-order valence-corrected chi connectivity index (χ3v) is 3.35. The standard InChI is InChI=1S/C16H14GeNO2/c17-20-16(19)14-11-5-10-13(15(14)18)9-4-8-12-6-2-1-3-7-12/h1-8,10-11H,9,18H2. The van der Waals surface area contributed by atoms with E-state index in [0.717, 1.165) is 11.1 Å². The third kappa shape index (κ3) is 3.51. The van der Waals surface area contributed by atoms with Crippen molar-refractivity contribution in [2.75, 3.05) is 5.73 Å². The second kappa shape index (κ2) is 6.96. The fourth-order valence-corrected chi connectivity index (χ4v) is 2.14. The van der Waals surface area contributed by atoms with E-state index in [0.29, 0.717) is 17.7 Å². The van der Waals surface area contributed by atoms with Gasteiger partial charge in [-0.15, -0.1) is 0 Å². The number of hydrogen-bond donors (Lipinski definition) is 1. The first kappa shape index (κ1) is 14.4. The molecular weight excluding hydrogens is 311 g/mol. The molecular formula is C16H14GeNO2. The number of nitrogen functional groups attached to an aromatic ring is 1. The molecule has 0 aliphatic carbocycles. The van der Waals surface area contributed by atoms with Gasteiger partial charge in [-0.25, -0.2) is 0 Å². The van der Waals surface area contributed by atoms with E-state index in [1.165, 1.54) is 16.9 Å².